The molecule has 3 aromatic rings. The number of carbonyl (C=O) groups is 1. The molecule has 5 heteroatoms. The molecular weight excluding hydrogens is 385 g/mol. The fourth-order valence-corrected chi connectivity index (χ4v) is 4.08. The number of nitrogens with zero attached hydrogens (tertiary/aromatic N) is 1. The largest absolute Gasteiger partial charge is 0.481 e. The van der Waals surface area contributed by atoms with Crippen molar-refractivity contribution in [3.63, 3.8) is 0 Å². The van der Waals surface area contributed by atoms with Crippen molar-refractivity contribution >= 4 is 17.7 Å². The summed E-state index contributed by atoms with van der Waals surface area (Å²) in [5.41, 5.74) is 3.42. The van der Waals surface area contributed by atoms with E-state index in [4.69, 9.17) is 5.11 Å². The predicted molar refractivity (Wildman–Crippen MR) is 115 cm³/mol. The van der Waals surface area contributed by atoms with Crippen LogP contribution in [-0.2, 0) is 17.9 Å². The van der Waals surface area contributed by atoms with Crippen LogP contribution in [0.1, 0.15) is 23.1 Å². The molecular formula is C24H24FNO2S. The smallest absolute Gasteiger partial charge is 0.304 e. The first-order valence-electron chi connectivity index (χ1n) is 9.50. The Kier molecular flexibility index (Phi) is 7.44. The molecule has 0 unspecified atom stereocenters. The first-order valence-corrected chi connectivity index (χ1v) is 10.3. The standard InChI is InChI=1S/C24H24FNO2S/c1-18-6-4-7-19(14-18)16-26(13-12-24(27)28)17-20-8-5-9-21(15-20)29-23-11-3-2-10-22(23)25/h2-11,14-15H,12-13,16-17H2,1H3,(H,27,28). The summed E-state index contributed by atoms with van der Waals surface area (Å²) >= 11 is 1.39. The van der Waals surface area contributed by atoms with Gasteiger partial charge in [0, 0.05) is 29.4 Å². The minimum Gasteiger partial charge on any atom is -0.481 e. The van der Waals surface area contributed by atoms with Crippen LogP contribution < -0.4 is 0 Å². The van der Waals surface area contributed by atoms with Crippen LogP contribution in [0.2, 0.25) is 0 Å². The van der Waals surface area contributed by atoms with Crippen molar-refractivity contribution in [2.24, 2.45) is 0 Å². The van der Waals surface area contributed by atoms with Crippen molar-refractivity contribution in [3.05, 3.63) is 95.3 Å². The van der Waals surface area contributed by atoms with Gasteiger partial charge in [-0.25, -0.2) is 4.39 Å². The lowest BCUT2D eigenvalue weighted by molar-refractivity contribution is -0.137. The third kappa shape index (κ3) is 6.73. The van der Waals surface area contributed by atoms with Crippen molar-refractivity contribution in [2.75, 3.05) is 6.54 Å². The average Bonchev–Trinajstić information content (AvgIpc) is 2.68. The van der Waals surface area contributed by atoms with E-state index < -0.39 is 5.97 Å². The van der Waals surface area contributed by atoms with Crippen LogP contribution in [-0.4, -0.2) is 22.5 Å². The number of hydrogen-bond donors (Lipinski definition) is 1. The number of carboxylic acids is 1. The summed E-state index contributed by atoms with van der Waals surface area (Å²) < 4.78 is 14.0. The molecule has 0 heterocycles. The van der Waals surface area contributed by atoms with Crippen molar-refractivity contribution in [1.29, 1.82) is 0 Å². The van der Waals surface area contributed by atoms with Crippen LogP contribution in [0.15, 0.2) is 82.6 Å². The first-order chi connectivity index (χ1) is 14.0. The number of halogens is 1. The fourth-order valence-electron chi connectivity index (χ4n) is 3.16. The Morgan fingerprint density at radius 2 is 1.66 bits per heavy atom. The molecule has 0 saturated heterocycles. The van der Waals surface area contributed by atoms with E-state index in [9.17, 15) is 9.18 Å². The highest BCUT2D eigenvalue weighted by molar-refractivity contribution is 7.99. The average molecular weight is 410 g/mol. The summed E-state index contributed by atoms with van der Waals surface area (Å²) in [6, 6.07) is 23.0. The Morgan fingerprint density at radius 1 is 0.966 bits per heavy atom. The monoisotopic (exact) mass is 409 g/mol. The van der Waals surface area contributed by atoms with Gasteiger partial charge in [0.05, 0.1) is 6.42 Å². The van der Waals surface area contributed by atoms with Crippen molar-refractivity contribution in [3.8, 4) is 0 Å². The summed E-state index contributed by atoms with van der Waals surface area (Å²) in [7, 11) is 0. The summed E-state index contributed by atoms with van der Waals surface area (Å²) in [6.07, 6.45) is 0.0927. The lowest BCUT2D eigenvalue weighted by Crippen LogP contribution is -2.25. The van der Waals surface area contributed by atoms with Gasteiger partial charge in [0.15, 0.2) is 0 Å². The summed E-state index contributed by atoms with van der Waals surface area (Å²) in [4.78, 5) is 14.8. The van der Waals surface area contributed by atoms with Gasteiger partial charge in [-0.3, -0.25) is 9.69 Å². The molecule has 0 aromatic heterocycles. The minimum atomic E-state index is -0.803. The van der Waals surface area contributed by atoms with Gasteiger partial charge in [-0.1, -0.05) is 65.9 Å². The molecule has 1 N–H and O–H groups in total. The van der Waals surface area contributed by atoms with Crippen LogP contribution in [0.4, 0.5) is 4.39 Å². The van der Waals surface area contributed by atoms with Gasteiger partial charge in [-0.15, -0.1) is 0 Å². The van der Waals surface area contributed by atoms with E-state index in [2.05, 4.69) is 30.0 Å². The quantitative estimate of drug-likeness (QED) is 0.488. The van der Waals surface area contributed by atoms with E-state index in [-0.39, 0.29) is 12.2 Å². The normalized spacial score (nSPS) is 11.0. The van der Waals surface area contributed by atoms with Gasteiger partial charge in [0.1, 0.15) is 5.82 Å². The van der Waals surface area contributed by atoms with Crippen LogP contribution in [0.5, 0.6) is 0 Å². The SMILES string of the molecule is Cc1cccc(CN(CCC(=O)O)Cc2cccc(Sc3ccccc3F)c2)c1. The topological polar surface area (TPSA) is 40.5 Å². The van der Waals surface area contributed by atoms with Crippen LogP contribution >= 0.6 is 11.8 Å². The lowest BCUT2D eigenvalue weighted by atomic mass is 10.1. The molecule has 0 fully saturated rings. The predicted octanol–water partition coefficient (Wildman–Crippen LogP) is 5.76. The second-order valence-corrected chi connectivity index (χ2v) is 8.14. The van der Waals surface area contributed by atoms with E-state index in [0.29, 0.717) is 24.5 Å². The van der Waals surface area contributed by atoms with Gasteiger partial charge in [0.25, 0.3) is 0 Å². The number of aliphatic carboxylic acids is 1. The second-order valence-electron chi connectivity index (χ2n) is 7.02. The molecule has 0 spiro atoms. The molecule has 0 aliphatic heterocycles. The zero-order chi connectivity index (χ0) is 20.6. The molecule has 3 rings (SSSR count). The van der Waals surface area contributed by atoms with Gasteiger partial charge in [-0.05, 0) is 42.3 Å². The highest BCUT2D eigenvalue weighted by Crippen LogP contribution is 2.30. The van der Waals surface area contributed by atoms with Gasteiger partial charge >= 0.3 is 5.97 Å². The van der Waals surface area contributed by atoms with Crippen LogP contribution in [0.3, 0.4) is 0 Å². The molecule has 0 aliphatic rings. The van der Waals surface area contributed by atoms with E-state index in [1.807, 2.05) is 36.4 Å². The number of carboxylic acid groups (broad SMARTS) is 1. The van der Waals surface area contributed by atoms with Crippen molar-refractivity contribution in [1.82, 2.24) is 4.90 Å². The van der Waals surface area contributed by atoms with Gasteiger partial charge in [-0.2, -0.15) is 0 Å². The van der Waals surface area contributed by atoms with Crippen LogP contribution in [0.25, 0.3) is 0 Å². The molecule has 0 amide bonds. The second kappa shape index (κ2) is 10.2. The number of benzene rings is 3. The lowest BCUT2D eigenvalue weighted by Gasteiger charge is -2.22. The number of rotatable bonds is 9. The summed E-state index contributed by atoms with van der Waals surface area (Å²) in [5, 5.41) is 9.11. The van der Waals surface area contributed by atoms with Crippen molar-refractivity contribution in [2.45, 2.75) is 36.2 Å². The van der Waals surface area contributed by atoms with Gasteiger partial charge < -0.3 is 5.11 Å². The maximum absolute atomic E-state index is 14.0. The molecule has 3 nitrogen and oxygen atoms in total. The molecule has 0 radical (unpaired) electrons. The highest BCUT2D eigenvalue weighted by Gasteiger charge is 2.11. The molecule has 0 saturated carbocycles. The van der Waals surface area contributed by atoms with Crippen molar-refractivity contribution < 1.29 is 14.3 Å². The molecule has 0 atom stereocenters. The Morgan fingerprint density at radius 3 is 2.34 bits per heavy atom. The zero-order valence-corrected chi connectivity index (χ0v) is 17.2. The highest BCUT2D eigenvalue weighted by atomic mass is 32.2. The Bertz CT molecular complexity index is 976. The van der Waals surface area contributed by atoms with E-state index in [1.165, 1.54) is 23.4 Å². The number of hydrogen-bond acceptors (Lipinski definition) is 3. The maximum Gasteiger partial charge on any atom is 0.304 e. The zero-order valence-electron chi connectivity index (χ0n) is 16.3. The summed E-state index contributed by atoms with van der Waals surface area (Å²) in [6.45, 7) is 3.83. The third-order valence-corrected chi connectivity index (χ3v) is 5.54. The van der Waals surface area contributed by atoms with Crippen LogP contribution in [0, 0.1) is 12.7 Å². The minimum absolute atomic E-state index is 0.0927. The fraction of sp³-hybridized carbons (Fsp3) is 0.208. The number of aryl methyl sites for hydroxylation is 1. The molecule has 0 aliphatic carbocycles. The van der Waals surface area contributed by atoms with E-state index >= 15 is 0 Å². The molecule has 150 valence electrons. The third-order valence-electron chi connectivity index (χ3n) is 4.50. The summed E-state index contributed by atoms with van der Waals surface area (Å²) in [5.74, 6) is -1.03. The molecule has 29 heavy (non-hydrogen) atoms. The van der Waals surface area contributed by atoms with E-state index in [1.54, 1.807) is 12.1 Å². The van der Waals surface area contributed by atoms with Gasteiger partial charge in [0.2, 0.25) is 0 Å². The molecule has 3 aromatic carbocycles. The first kappa shape index (κ1) is 21.1. The Labute approximate surface area is 175 Å². The Hall–Kier alpha value is -2.63. The molecule has 0 bridgehead atoms. The Balaban J connectivity index is 1.74. The van der Waals surface area contributed by atoms with E-state index in [0.717, 1.165) is 16.0 Å². The maximum atomic E-state index is 14.0.